The summed E-state index contributed by atoms with van der Waals surface area (Å²) in [5, 5.41) is 0. The van der Waals surface area contributed by atoms with Crippen molar-refractivity contribution in [2.24, 2.45) is 11.8 Å². The van der Waals surface area contributed by atoms with E-state index in [0.29, 0.717) is 12.0 Å². The van der Waals surface area contributed by atoms with Crippen molar-refractivity contribution in [3.8, 4) is 0 Å². The molecule has 98 valence electrons. The average Bonchev–Trinajstić information content (AvgIpc) is 2.27. The summed E-state index contributed by atoms with van der Waals surface area (Å²) in [5.41, 5.74) is 0. The number of carbonyl (C=O) groups is 1. The van der Waals surface area contributed by atoms with E-state index in [9.17, 15) is 4.79 Å². The fourth-order valence-corrected chi connectivity index (χ4v) is 3.28. The van der Waals surface area contributed by atoms with Crippen LogP contribution in [0.5, 0.6) is 0 Å². The molecule has 5 unspecified atom stereocenters. The van der Waals surface area contributed by atoms with E-state index in [1.54, 1.807) is 0 Å². The van der Waals surface area contributed by atoms with Crippen LogP contribution in [0, 0.1) is 11.8 Å². The van der Waals surface area contributed by atoms with Gasteiger partial charge in [-0.3, -0.25) is 4.79 Å². The summed E-state index contributed by atoms with van der Waals surface area (Å²) in [6.45, 7) is 5.94. The molecule has 1 heterocycles. The minimum absolute atomic E-state index is 0.0868. The Bertz CT molecular complexity index is 277. The van der Waals surface area contributed by atoms with Gasteiger partial charge in [-0.15, -0.1) is 0 Å². The third-order valence-electron chi connectivity index (χ3n) is 4.22. The van der Waals surface area contributed by atoms with Gasteiger partial charge in [0.25, 0.3) is 0 Å². The Balaban J connectivity index is 2.05. The maximum atomic E-state index is 11.2. The normalized spacial score (nSPS) is 41.7. The van der Waals surface area contributed by atoms with Gasteiger partial charge in [-0.05, 0) is 25.2 Å². The van der Waals surface area contributed by atoms with Crippen LogP contribution in [0.2, 0.25) is 0 Å². The molecule has 5 atom stereocenters. The van der Waals surface area contributed by atoms with Crippen LogP contribution in [0.15, 0.2) is 0 Å². The molecule has 2 aliphatic rings. The van der Waals surface area contributed by atoms with Gasteiger partial charge in [-0.2, -0.15) is 0 Å². The largest absolute Gasteiger partial charge is 0.462 e. The molecule has 1 saturated carbocycles. The lowest BCUT2D eigenvalue weighted by atomic mass is 9.75. The standard InChI is InChI=1S/C14H24O3/c1-4-11-8-14(16-10(3)15)12-6-5-9(2)7-13(12)17-11/h9,11-14H,4-8H2,1-3H3. The Morgan fingerprint density at radius 2 is 2.12 bits per heavy atom. The van der Waals surface area contributed by atoms with Crippen molar-refractivity contribution in [2.45, 2.75) is 71.2 Å². The average molecular weight is 240 g/mol. The second kappa shape index (κ2) is 5.38. The van der Waals surface area contributed by atoms with Crippen LogP contribution < -0.4 is 0 Å². The molecule has 0 aromatic heterocycles. The topological polar surface area (TPSA) is 35.5 Å². The Morgan fingerprint density at radius 3 is 2.76 bits per heavy atom. The van der Waals surface area contributed by atoms with E-state index >= 15 is 0 Å². The third kappa shape index (κ3) is 3.01. The number of ether oxygens (including phenoxy) is 2. The molecule has 2 rings (SSSR count). The second-order valence-electron chi connectivity index (χ2n) is 5.67. The molecule has 0 aromatic rings. The van der Waals surface area contributed by atoms with Crippen LogP contribution in [-0.2, 0) is 14.3 Å². The highest BCUT2D eigenvalue weighted by Gasteiger charge is 2.42. The first-order valence-corrected chi connectivity index (χ1v) is 6.92. The Morgan fingerprint density at radius 1 is 1.35 bits per heavy atom. The quantitative estimate of drug-likeness (QED) is 0.696. The van der Waals surface area contributed by atoms with Crippen LogP contribution in [0.3, 0.4) is 0 Å². The highest BCUT2D eigenvalue weighted by Crippen LogP contribution is 2.40. The molecule has 3 nitrogen and oxygen atoms in total. The molecule has 0 bridgehead atoms. The lowest BCUT2D eigenvalue weighted by Gasteiger charge is -2.45. The molecular weight excluding hydrogens is 216 g/mol. The summed E-state index contributed by atoms with van der Waals surface area (Å²) in [6.07, 6.45) is 6.05. The number of fused-ring (bicyclic) bond motifs is 1. The number of esters is 1. The summed E-state index contributed by atoms with van der Waals surface area (Å²) >= 11 is 0. The molecule has 1 saturated heterocycles. The monoisotopic (exact) mass is 240 g/mol. The Kier molecular flexibility index (Phi) is 4.08. The zero-order valence-electron chi connectivity index (χ0n) is 11.1. The minimum atomic E-state index is -0.149. The van der Waals surface area contributed by atoms with E-state index < -0.39 is 0 Å². The zero-order valence-corrected chi connectivity index (χ0v) is 11.1. The van der Waals surface area contributed by atoms with E-state index in [2.05, 4.69) is 13.8 Å². The zero-order chi connectivity index (χ0) is 12.4. The summed E-state index contributed by atoms with van der Waals surface area (Å²) in [6, 6.07) is 0. The third-order valence-corrected chi connectivity index (χ3v) is 4.22. The van der Waals surface area contributed by atoms with Crippen molar-refractivity contribution in [1.29, 1.82) is 0 Å². The SMILES string of the molecule is CCC1CC(OC(C)=O)C2CCC(C)CC2O1. The van der Waals surface area contributed by atoms with Crippen molar-refractivity contribution in [3.63, 3.8) is 0 Å². The molecule has 0 amide bonds. The van der Waals surface area contributed by atoms with E-state index in [1.165, 1.54) is 13.3 Å². The van der Waals surface area contributed by atoms with Gasteiger partial charge in [0.1, 0.15) is 6.10 Å². The predicted octanol–water partition coefficient (Wildman–Crippen LogP) is 2.92. The first-order chi connectivity index (χ1) is 8.10. The summed E-state index contributed by atoms with van der Waals surface area (Å²) in [5.74, 6) is 1.02. The van der Waals surface area contributed by atoms with Gasteiger partial charge in [0.2, 0.25) is 0 Å². The van der Waals surface area contributed by atoms with Gasteiger partial charge in [0.05, 0.1) is 12.2 Å². The van der Waals surface area contributed by atoms with E-state index in [0.717, 1.165) is 31.6 Å². The molecule has 0 aromatic carbocycles. The van der Waals surface area contributed by atoms with Crippen molar-refractivity contribution < 1.29 is 14.3 Å². The Labute approximate surface area is 104 Å². The molecule has 0 spiro atoms. The Hall–Kier alpha value is -0.570. The van der Waals surface area contributed by atoms with Crippen LogP contribution in [0.1, 0.15) is 52.9 Å². The maximum absolute atomic E-state index is 11.2. The summed E-state index contributed by atoms with van der Waals surface area (Å²) in [7, 11) is 0. The van der Waals surface area contributed by atoms with Crippen molar-refractivity contribution in [3.05, 3.63) is 0 Å². The second-order valence-corrected chi connectivity index (χ2v) is 5.67. The number of rotatable bonds is 2. The lowest BCUT2D eigenvalue weighted by Crippen LogP contribution is -2.48. The predicted molar refractivity (Wildman–Crippen MR) is 65.6 cm³/mol. The molecular formula is C14H24O3. The van der Waals surface area contributed by atoms with Gasteiger partial charge in [0.15, 0.2) is 0 Å². The van der Waals surface area contributed by atoms with Crippen LogP contribution >= 0.6 is 0 Å². The fourth-order valence-electron chi connectivity index (χ4n) is 3.28. The molecule has 1 aliphatic heterocycles. The fraction of sp³-hybridized carbons (Fsp3) is 0.929. The van der Waals surface area contributed by atoms with Crippen LogP contribution in [0.25, 0.3) is 0 Å². The minimum Gasteiger partial charge on any atom is -0.462 e. The highest BCUT2D eigenvalue weighted by molar-refractivity contribution is 5.66. The van der Waals surface area contributed by atoms with Crippen molar-refractivity contribution in [2.75, 3.05) is 0 Å². The van der Waals surface area contributed by atoms with Crippen molar-refractivity contribution >= 4 is 5.97 Å². The smallest absolute Gasteiger partial charge is 0.302 e. The number of carbonyl (C=O) groups excluding carboxylic acids is 1. The van der Waals surface area contributed by atoms with Gasteiger partial charge in [0, 0.05) is 19.3 Å². The summed E-state index contributed by atoms with van der Waals surface area (Å²) < 4.78 is 11.6. The highest BCUT2D eigenvalue weighted by atomic mass is 16.6. The van der Waals surface area contributed by atoms with Gasteiger partial charge >= 0.3 is 5.97 Å². The molecule has 1 aliphatic carbocycles. The van der Waals surface area contributed by atoms with Crippen LogP contribution in [0.4, 0.5) is 0 Å². The van der Waals surface area contributed by atoms with Gasteiger partial charge < -0.3 is 9.47 Å². The first-order valence-electron chi connectivity index (χ1n) is 6.92. The number of hydrogen-bond acceptors (Lipinski definition) is 3. The molecule has 0 radical (unpaired) electrons. The molecule has 17 heavy (non-hydrogen) atoms. The first kappa shape index (κ1) is 12.9. The van der Waals surface area contributed by atoms with E-state index in [4.69, 9.17) is 9.47 Å². The number of hydrogen-bond donors (Lipinski definition) is 0. The molecule has 0 N–H and O–H groups in total. The van der Waals surface area contributed by atoms with E-state index in [1.807, 2.05) is 0 Å². The van der Waals surface area contributed by atoms with Gasteiger partial charge in [-0.25, -0.2) is 0 Å². The maximum Gasteiger partial charge on any atom is 0.302 e. The molecule has 3 heteroatoms. The molecule has 2 fully saturated rings. The van der Waals surface area contributed by atoms with Gasteiger partial charge in [-0.1, -0.05) is 20.3 Å². The van der Waals surface area contributed by atoms with E-state index in [-0.39, 0.29) is 18.2 Å². The summed E-state index contributed by atoms with van der Waals surface area (Å²) in [4.78, 5) is 11.2. The lowest BCUT2D eigenvalue weighted by molar-refractivity contribution is -0.182. The van der Waals surface area contributed by atoms with Crippen LogP contribution in [-0.4, -0.2) is 24.3 Å². The van der Waals surface area contributed by atoms with Crippen molar-refractivity contribution in [1.82, 2.24) is 0 Å².